The Morgan fingerprint density at radius 3 is 2.61 bits per heavy atom. The summed E-state index contributed by atoms with van der Waals surface area (Å²) >= 11 is 16.7. The summed E-state index contributed by atoms with van der Waals surface area (Å²) in [4.78, 5) is 4.30. The Hall–Kier alpha value is -1.36. The number of rotatable bonds is 3. The van der Waals surface area contributed by atoms with Crippen molar-refractivity contribution in [3.63, 3.8) is 0 Å². The van der Waals surface area contributed by atoms with Crippen molar-refractivity contribution in [2.75, 3.05) is 0 Å². The summed E-state index contributed by atoms with van der Waals surface area (Å²) < 4.78 is 5.56. The molecule has 3 nitrogen and oxygen atoms in total. The van der Waals surface area contributed by atoms with Crippen LogP contribution in [-0.4, -0.2) is 9.97 Å². The minimum absolute atomic E-state index is 0.238. The molecule has 92 valence electrons. The van der Waals surface area contributed by atoms with E-state index in [1.54, 1.807) is 30.3 Å². The summed E-state index contributed by atoms with van der Waals surface area (Å²) in [6.45, 7) is 0. The smallest absolute Gasteiger partial charge is 0.147 e. The van der Waals surface area contributed by atoms with E-state index in [0.717, 1.165) is 0 Å². The molecule has 0 amide bonds. The zero-order chi connectivity index (χ0) is 13.1. The summed E-state index contributed by atoms with van der Waals surface area (Å²) in [5.41, 5.74) is 5.99. The molecule has 6 heteroatoms. The van der Waals surface area contributed by atoms with Crippen molar-refractivity contribution in [3.8, 4) is 11.5 Å². The van der Waals surface area contributed by atoms with Crippen molar-refractivity contribution < 1.29 is 4.74 Å². The van der Waals surface area contributed by atoms with Crippen molar-refractivity contribution in [3.05, 3.63) is 52.3 Å². The van der Waals surface area contributed by atoms with Crippen LogP contribution >= 0.6 is 35.4 Å². The molecule has 1 heterocycles. The first-order valence-electron chi connectivity index (χ1n) is 4.95. The van der Waals surface area contributed by atoms with Gasteiger partial charge in [0.1, 0.15) is 21.5 Å². The van der Waals surface area contributed by atoms with E-state index < -0.39 is 0 Å². The Morgan fingerprint density at radius 1 is 1.22 bits per heavy atom. The second-order valence-corrected chi connectivity index (χ2v) is 4.62. The van der Waals surface area contributed by atoms with Crippen LogP contribution in [-0.2, 0) is 0 Å². The van der Waals surface area contributed by atoms with Gasteiger partial charge in [0.15, 0.2) is 0 Å². The van der Waals surface area contributed by atoms with E-state index in [-0.39, 0.29) is 4.99 Å². The molecule has 1 aromatic heterocycles. The number of nitrogens with zero attached hydrogens (tertiary/aromatic N) is 1. The summed E-state index contributed by atoms with van der Waals surface area (Å²) in [6, 6.07) is 8.54. The number of pyridine rings is 1. The lowest BCUT2D eigenvalue weighted by molar-refractivity contribution is 0.480. The van der Waals surface area contributed by atoms with Gasteiger partial charge in [-0.2, -0.15) is 0 Å². The fourth-order valence-electron chi connectivity index (χ4n) is 1.28. The number of hydrogen-bond donors (Lipinski definition) is 1. The Kier molecular flexibility index (Phi) is 4.01. The molecule has 0 saturated carbocycles. The molecule has 0 radical (unpaired) electrons. The first kappa shape index (κ1) is 13.1. The highest BCUT2D eigenvalue weighted by Crippen LogP contribution is 2.34. The summed E-state index contributed by atoms with van der Waals surface area (Å²) in [5, 5.41) is 0.791. The zero-order valence-corrected chi connectivity index (χ0v) is 11.4. The van der Waals surface area contributed by atoms with E-state index >= 15 is 0 Å². The van der Waals surface area contributed by atoms with Gasteiger partial charge >= 0.3 is 0 Å². The second kappa shape index (κ2) is 5.52. The summed E-state index contributed by atoms with van der Waals surface area (Å²) in [5.74, 6) is 0.994. The van der Waals surface area contributed by atoms with E-state index in [1.165, 1.54) is 6.20 Å². The van der Waals surface area contributed by atoms with E-state index in [2.05, 4.69) is 4.98 Å². The Bertz CT molecular complexity index is 587. The monoisotopic (exact) mass is 298 g/mol. The third-order valence-corrected chi connectivity index (χ3v) is 3.14. The minimum Gasteiger partial charge on any atom is -0.454 e. The SMILES string of the molecule is NC(=S)c1ccc(Oc2cccc(Cl)c2Cl)cn1. The molecule has 1 aromatic carbocycles. The van der Waals surface area contributed by atoms with Gasteiger partial charge in [0.05, 0.1) is 16.9 Å². The lowest BCUT2D eigenvalue weighted by atomic mass is 10.3. The number of halogens is 2. The molecule has 18 heavy (non-hydrogen) atoms. The summed E-state index contributed by atoms with van der Waals surface area (Å²) in [7, 11) is 0. The molecule has 2 aromatic rings. The van der Waals surface area contributed by atoms with Crippen molar-refractivity contribution in [2.45, 2.75) is 0 Å². The molecule has 0 fully saturated rings. The van der Waals surface area contributed by atoms with Crippen LogP contribution in [0.3, 0.4) is 0 Å². The van der Waals surface area contributed by atoms with Crippen molar-refractivity contribution in [1.82, 2.24) is 4.98 Å². The zero-order valence-electron chi connectivity index (χ0n) is 9.06. The minimum atomic E-state index is 0.238. The van der Waals surface area contributed by atoms with Crippen LogP contribution in [0.25, 0.3) is 0 Å². The van der Waals surface area contributed by atoms with Crippen molar-refractivity contribution >= 4 is 40.4 Å². The topological polar surface area (TPSA) is 48.1 Å². The average molecular weight is 299 g/mol. The van der Waals surface area contributed by atoms with Gasteiger partial charge in [-0.15, -0.1) is 0 Å². The van der Waals surface area contributed by atoms with Crippen LogP contribution in [0.4, 0.5) is 0 Å². The van der Waals surface area contributed by atoms with Gasteiger partial charge in [-0.25, -0.2) is 4.98 Å². The molecule has 0 aliphatic carbocycles. The largest absolute Gasteiger partial charge is 0.454 e. The van der Waals surface area contributed by atoms with Gasteiger partial charge in [-0.05, 0) is 24.3 Å². The van der Waals surface area contributed by atoms with Crippen LogP contribution in [0, 0.1) is 0 Å². The lowest BCUT2D eigenvalue weighted by Gasteiger charge is -2.08. The highest BCUT2D eigenvalue weighted by Gasteiger charge is 2.07. The normalized spacial score (nSPS) is 10.1. The molecule has 0 unspecified atom stereocenters. The maximum atomic E-state index is 6.01. The number of aromatic nitrogens is 1. The number of thiocarbonyl (C=S) groups is 1. The number of hydrogen-bond acceptors (Lipinski definition) is 3. The Morgan fingerprint density at radius 2 is 2.00 bits per heavy atom. The van der Waals surface area contributed by atoms with Crippen LogP contribution < -0.4 is 10.5 Å². The van der Waals surface area contributed by atoms with Crippen LogP contribution in [0.2, 0.25) is 10.0 Å². The van der Waals surface area contributed by atoms with Gasteiger partial charge in [-0.3, -0.25) is 0 Å². The average Bonchev–Trinajstić information content (AvgIpc) is 2.36. The van der Waals surface area contributed by atoms with Gasteiger partial charge < -0.3 is 10.5 Å². The number of nitrogens with two attached hydrogens (primary N) is 1. The first-order valence-corrected chi connectivity index (χ1v) is 6.12. The Labute approximate surface area is 119 Å². The van der Waals surface area contributed by atoms with Gasteiger partial charge in [0.25, 0.3) is 0 Å². The van der Waals surface area contributed by atoms with Crippen LogP contribution in [0.15, 0.2) is 36.5 Å². The standard InChI is InChI=1S/C12H8Cl2N2OS/c13-8-2-1-3-10(11(8)14)17-7-4-5-9(12(15)18)16-6-7/h1-6H,(H2,15,18). The van der Waals surface area contributed by atoms with E-state index in [4.69, 9.17) is 45.9 Å². The predicted octanol–water partition coefficient (Wildman–Crippen LogP) is 3.81. The van der Waals surface area contributed by atoms with Crippen LogP contribution in [0.1, 0.15) is 5.69 Å². The Balaban J connectivity index is 2.24. The van der Waals surface area contributed by atoms with Gasteiger partial charge in [0, 0.05) is 0 Å². The predicted molar refractivity (Wildman–Crippen MR) is 76.7 cm³/mol. The summed E-state index contributed by atoms with van der Waals surface area (Å²) in [6.07, 6.45) is 1.52. The molecule has 0 aliphatic heterocycles. The molecule has 2 N–H and O–H groups in total. The van der Waals surface area contributed by atoms with Crippen molar-refractivity contribution in [2.24, 2.45) is 5.73 Å². The lowest BCUT2D eigenvalue weighted by Crippen LogP contribution is -2.10. The fraction of sp³-hybridized carbons (Fsp3) is 0. The third kappa shape index (κ3) is 2.90. The van der Waals surface area contributed by atoms with Gasteiger partial charge in [0.2, 0.25) is 0 Å². The molecule has 0 atom stereocenters. The molecule has 0 aliphatic rings. The third-order valence-electron chi connectivity index (χ3n) is 2.13. The highest BCUT2D eigenvalue weighted by molar-refractivity contribution is 7.80. The highest BCUT2D eigenvalue weighted by atomic mass is 35.5. The molecule has 0 saturated heterocycles. The molecule has 0 bridgehead atoms. The van der Waals surface area contributed by atoms with E-state index in [9.17, 15) is 0 Å². The maximum Gasteiger partial charge on any atom is 0.147 e. The van der Waals surface area contributed by atoms with E-state index in [0.29, 0.717) is 27.2 Å². The number of ether oxygens (including phenoxy) is 1. The molecular formula is C12H8Cl2N2OS. The maximum absolute atomic E-state index is 6.01. The second-order valence-electron chi connectivity index (χ2n) is 3.40. The first-order chi connectivity index (χ1) is 8.58. The van der Waals surface area contributed by atoms with Crippen molar-refractivity contribution in [1.29, 1.82) is 0 Å². The molecular weight excluding hydrogens is 291 g/mol. The van der Waals surface area contributed by atoms with Crippen LogP contribution in [0.5, 0.6) is 11.5 Å². The van der Waals surface area contributed by atoms with E-state index in [1.807, 2.05) is 0 Å². The fourth-order valence-corrected chi connectivity index (χ4v) is 1.73. The quantitative estimate of drug-likeness (QED) is 0.875. The number of benzene rings is 1. The molecule has 2 rings (SSSR count). The molecule has 0 spiro atoms. The van der Waals surface area contributed by atoms with Gasteiger partial charge in [-0.1, -0.05) is 41.5 Å².